The molecule has 0 aromatic heterocycles. The van der Waals surface area contributed by atoms with Gasteiger partial charge in [0.25, 0.3) is 0 Å². The highest BCUT2D eigenvalue weighted by Gasteiger charge is 2.11. The maximum atomic E-state index is 8.69. The van der Waals surface area contributed by atoms with E-state index in [1.165, 1.54) is 5.56 Å². The van der Waals surface area contributed by atoms with E-state index in [0.717, 1.165) is 31.4 Å². The molecule has 1 aromatic carbocycles. The fourth-order valence-corrected chi connectivity index (χ4v) is 1.70. The van der Waals surface area contributed by atoms with Crippen molar-refractivity contribution in [3.05, 3.63) is 29.8 Å². The number of unbranched alkanes of at least 4 members (excludes halogenated alkanes) is 2. The lowest BCUT2D eigenvalue weighted by Crippen LogP contribution is -2.22. The van der Waals surface area contributed by atoms with E-state index in [-0.39, 0.29) is 5.60 Å². The largest absolute Gasteiger partial charge is 0.488 e. The van der Waals surface area contributed by atoms with Crippen LogP contribution in [0.3, 0.4) is 0 Å². The summed E-state index contributed by atoms with van der Waals surface area (Å²) < 4.78 is 5.77. The molecule has 17 heavy (non-hydrogen) atoms. The molecule has 0 aliphatic heterocycles. The van der Waals surface area contributed by atoms with Gasteiger partial charge in [0.1, 0.15) is 11.4 Å². The number of aliphatic hydroxyl groups excluding tert-OH is 1. The van der Waals surface area contributed by atoms with Crippen LogP contribution in [0, 0.1) is 0 Å². The fourth-order valence-electron chi connectivity index (χ4n) is 1.70. The molecule has 1 rings (SSSR count). The van der Waals surface area contributed by atoms with Gasteiger partial charge in [-0.15, -0.1) is 0 Å². The summed E-state index contributed by atoms with van der Waals surface area (Å²) in [7, 11) is 0. The van der Waals surface area contributed by atoms with Crippen LogP contribution in [0.1, 0.15) is 45.6 Å². The summed E-state index contributed by atoms with van der Waals surface area (Å²) in [6, 6.07) is 8.32. The van der Waals surface area contributed by atoms with Crippen LogP contribution >= 0.6 is 0 Å². The van der Waals surface area contributed by atoms with Crippen LogP contribution in [0.5, 0.6) is 5.75 Å². The monoisotopic (exact) mass is 236 g/mol. The molecule has 0 aliphatic rings. The number of ether oxygens (including phenoxy) is 1. The van der Waals surface area contributed by atoms with Crippen LogP contribution in [0.4, 0.5) is 0 Å². The van der Waals surface area contributed by atoms with Gasteiger partial charge < -0.3 is 9.84 Å². The van der Waals surface area contributed by atoms with Crippen LogP contribution in [0.25, 0.3) is 0 Å². The summed E-state index contributed by atoms with van der Waals surface area (Å²) in [6.07, 6.45) is 4.22. The molecule has 1 N–H and O–H groups in total. The second kappa shape index (κ2) is 6.65. The normalized spacial score (nSPS) is 11.5. The average Bonchev–Trinajstić information content (AvgIpc) is 2.25. The molecular weight excluding hydrogens is 212 g/mol. The van der Waals surface area contributed by atoms with E-state index in [1.54, 1.807) is 0 Å². The SMILES string of the molecule is CC(C)(C)Oc1ccc(CCCCCO)cc1. The quantitative estimate of drug-likeness (QED) is 0.765. The lowest BCUT2D eigenvalue weighted by Gasteiger charge is -2.21. The first kappa shape index (κ1) is 14.0. The number of hydrogen-bond acceptors (Lipinski definition) is 2. The average molecular weight is 236 g/mol. The molecule has 0 saturated heterocycles. The zero-order chi connectivity index (χ0) is 12.7. The molecule has 0 saturated carbocycles. The minimum absolute atomic E-state index is 0.136. The van der Waals surface area contributed by atoms with Crippen LogP contribution in [-0.4, -0.2) is 17.3 Å². The van der Waals surface area contributed by atoms with Crippen molar-refractivity contribution in [2.45, 2.75) is 52.1 Å². The molecular formula is C15H24O2. The standard InChI is InChI=1S/C15H24O2/c1-15(2,3)17-14-10-8-13(9-11-14)7-5-4-6-12-16/h8-11,16H,4-7,12H2,1-3H3. The second-order valence-corrected chi connectivity index (χ2v) is 5.39. The molecule has 2 nitrogen and oxygen atoms in total. The zero-order valence-electron chi connectivity index (χ0n) is 11.2. The summed E-state index contributed by atoms with van der Waals surface area (Å²) >= 11 is 0. The molecule has 0 bridgehead atoms. The van der Waals surface area contributed by atoms with Crippen molar-refractivity contribution in [3.63, 3.8) is 0 Å². The van der Waals surface area contributed by atoms with Gasteiger partial charge in [-0.25, -0.2) is 0 Å². The Morgan fingerprint density at radius 3 is 2.18 bits per heavy atom. The van der Waals surface area contributed by atoms with Gasteiger partial charge in [0, 0.05) is 6.61 Å². The molecule has 0 spiro atoms. The zero-order valence-corrected chi connectivity index (χ0v) is 11.2. The molecule has 2 heteroatoms. The van der Waals surface area contributed by atoms with E-state index < -0.39 is 0 Å². The third kappa shape index (κ3) is 6.32. The highest BCUT2D eigenvalue weighted by Crippen LogP contribution is 2.19. The van der Waals surface area contributed by atoms with E-state index >= 15 is 0 Å². The first-order chi connectivity index (χ1) is 8.01. The summed E-state index contributed by atoms with van der Waals surface area (Å²) in [5, 5.41) is 8.69. The Hall–Kier alpha value is -1.02. The topological polar surface area (TPSA) is 29.5 Å². The lowest BCUT2D eigenvalue weighted by atomic mass is 10.1. The van der Waals surface area contributed by atoms with Crippen molar-refractivity contribution in [1.29, 1.82) is 0 Å². The van der Waals surface area contributed by atoms with Crippen molar-refractivity contribution >= 4 is 0 Å². The molecule has 96 valence electrons. The fraction of sp³-hybridized carbons (Fsp3) is 0.600. The van der Waals surface area contributed by atoms with Crippen LogP contribution in [0.15, 0.2) is 24.3 Å². The van der Waals surface area contributed by atoms with Crippen LogP contribution in [0.2, 0.25) is 0 Å². The van der Waals surface area contributed by atoms with Gasteiger partial charge in [0.05, 0.1) is 0 Å². The van der Waals surface area contributed by atoms with Crippen molar-refractivity contribution in [1.82, 2.24) is 0 Å². The molecule has 0 atom stereocenters. The summed E-state index contributed by atoms with van der Waals surface area (Å²) in [4.78, 5) is 0. The number of rotatable bonds is 6. The number of benzene rings is 1. The first-order valence-corrected chi connectivity index (χ1v) is 6.40. The summed E-state index contributed by atoms with van der Waals surface area (Å²) in [5.74, 6) is 0.927. The molecule has 0 radical (unpaired) electrons. The Labute approximate surface area is 105 Å². The van der Waals surface area contributed by atoms with Gasteiger partial charge in [0.15, 0.2) is 0 Å². The second-order valence-electron chi connectivity index (χ2n) is 5.39. The maximum Gasteiger partial charge on any atom is 0.120 e. The van der Waals surface area contributed by atoms with E-state index in [2.05, 4.69) is 32.9 Å². The molecule has 0 amide bonds. The Morgan fingerprint density at radius 1 is 1.00 bits per heavy atom. The number of hydrogen-bond donors (Lipinski definition) is 1. The van der Waals surface area contributed by atoms with E-state index in [0.29, 0.717) is 6.61 Å². The van der Waals surface area contributed by atoms with Gasteiger partial charge in [-0.3, -0.25) is 0 Å². The van der Waals surface area contributed by atoms with Crippen LogP contribution < -0.4 is 4.74 Å². The predicted molar refractivity (Wildman–Crippen MR) is 71.5 cm³/mol. The minimum atomic E-state index is -0.136. The van der Waals surface area contributed by atoms with E-state index in [1.807, 2.05) is 12.1 Å². The van der Waals surface area contributed by atoms with Crippen molar-refractivity contribution in [3.8, 4) is 5.75 Å². The van der Waals surface area contributed by atoms with Crippen molar-refractivity contribution in [2.75, 3.05) is 6.61 Å². The predicted octanol–water partition coefficient (Wildman–Crippen LogP) is 3.57. The minimum Gasteiger partial charge on any atom is -0.488 e. The maximum absolute atomic E-state index is 8.69. The Kier molecular flexibility index (Phi) is 5.49. The van der Waals surface area contributed by atoms with E-state index in [4.69, 9.17) is 9.84 Å². The van der Waals surface area contributed by atoms with Gasteiger partial charge in [-0.05, 0) is 57.7 Å². The van der Waals surface area contributed by atoms with Gasteiger partial charge in [-0.2, -0.15) is 0 Å². The Morgan fingerprint density at radius 2 is 1.65 bits per heavy atom. The molecule has 0 heterocycles. The third-order valence-corrected chi connectivity index (χ3v) is 2.47. The highest BCUT2D eigenvalue weighted by molar-refractivity contribution is 5.27. The number of aliphatic hydroxyl groups is 1. The van der Waals surface area contributed by atoms with Crippen molar-refractivity contribution < 1.29 is 9.84 Å². The van der Waals surface area contributed by atoms with Gasteiger partial charge in [0.2, 0.25) is 0 Å². The Bertz CT molecular complexity index is 309. The molecule has 0 unspecified atom stereocenters. The first-order valence-electron chi connectivity index (χ1n) is 6.40. The molecule has 0 aliphatic carbocycles. The van der Waals surface area contributed by atoms with Crippen LogP contribution in [-0.2, 0) is 6.42 Å². The number of aryl methyl sites for hydroxylation is 1. The third-order valence-electron chi connectivity index (χ3n) is 2.47. The van der Waals surface area contributed by atoms with Crippen molar-refractivity contribution in [2.24, 2.45) is 0 Å². The highest BCUT2D eigenvalue weighted by atomic mass is 16.5. The molecule has 0 fully saturated rings. The lowest BCUT2D eigenvalue weighted by molar-refractivity contribution is 0.131. The summed E-state index contributed by atoms with van der Waals surface area (Å²) in [6.45, 7) is 6.46. The van der Waals surface area contributed by atoms with Gasteiger partial charge >= 0.3 is 0 Å². The summed E-state index contributed by atoms with van der Waals surface area (Å²) in [5.41, 5.74) is 1.20. The smallest absolute Gasteiger partial charge is 0.120 e. The van der Waals surface area contributed by atoms with E-state index in [9.17, 15) is 0 Å². The molecule has 1 aromatic rings. The van der Waals surface area contributed by atoms with Gasteiger partial charge in [-0.1, -0.05) is 18.6 Å². The Balaban J connectivity index is 2.39.